The Morgan fingerprint density at radius 1 is 1.35 bits per heavy atom. The number of hydrogen-bond donors (Lipinski definition) is 1. The van der Waals surface area contributed by atoms with E-state index in [0.717, 1.165) is 29.9 Å². The summed E-state index contributed by atoms with van der Waals surface area (Å²) in [6, 6.07) is 1.97. The quantitative estimate of drug-likeness (QED) is 0.875. The van der Waals surface area contributed by atoms with Crippen molar-refractivity contribution in [2.45, 2.75) is 26.8 Å². The van der Waals surface area contributed by atoms with Gasteiger partial charge in [0.25, 0.3) is 0 Å². The zero-order valence-corrected chi connectivity index (χ0v) is 10.4. The van der Waals surface area contributed by atoms with E-state index in [1.165, 1.54) is 0 Å². The second kappa shape index (κ2) is 4.95. The summed E-state index contributed by atoms with van der Waals surface area (Å²) in [5, 5.41) is 7.26. The number of nitrogens with one attached hydrogen (secondary N) is 1. The topological polar surface area (TPSA) is 55.6 Å². The van der Waals surface area contributed by atoms with Gasteiger partial charge in [-0.25, -0.2) is 9.97 Å². The molecule has 2 rings (SSSR count). The molecule has 0 atom stereocenters. The lowest BCUT2D eigenvalue weighted by Gasteiger charge is -2.03. The summed E-state index contributed by atoms with van der Waals surface area (Å²) in [6.07, 6.45) is 4.94. The molecule has 0 amide bonds. The van der Waals surface area contributed by atoms with E-state index in [2.05, 4.69) is 27.3 Å². The van der Waals surface area contributed by atoms with Gasteiger partial charge >= 0.3 is 0 Å². The molecule has 0 aromatic carbocycles. The van der Waals surface area contributed by atoms with Crippen LogP contribution >= 0.6 is 0 Å². The number of rotatable bonds is 4. The maximum Gasteiger partial charge on any atom is 0.223 e. The fourth-order valence-electron chi connectivity index (χ4n) is 1.68. The molecule has 0 aliphatic carbocycles. The minimum Gasteiger partial charge on any atom is -0.357 e. The molecule has 0 fully saturated rings. The Labute approximate surface area is 101 Å². The molecule has 0 bridgehead atoms. The van der Waals surface area contributed by atoms with Crippen LogP contribution in [0.25, 0.3) is 11.3 Å². The van der Waals surface area contributed by atoms with E-state index in [0.29, 0.717) is 5.95 Å². The van der Waals surface area contributed by atoms with Crippen molar-refractivity contribution >= 4 is 5.95 Å². The minimum absolute atomic E-state index is 0.642. The van der Waals surface area contributed by atoms with Crippen LogP contribution in [0.5, 0.6) is 0 Å². The molecule has 0 aliphatic rings. The normalized spacial score (nSPS) is 10.5. The standard InChI is InChI=1S/C12H17N5/c1-4-5-17-8-10(7-14-17)11-6-9(2)15-12(13-3)16-11/h6-8H,4-5H2,1-3H3,(H,13,15,16). The highest BCUT2D eigenvalue weighted by Gasteiger charge is 2.06. The molecule has 0 unspecified atom stereocenters. The van der Waals surface area contributed by atoms with Gasteiger partial charge in [-0.2, -0.15) is 5.10 Å². The van der Waals surface area contributed by atoms with Gasteiger partial charge in [0.05, 0.1) is 11.9 Å². The summed E-state index contributed by atoms with van der Waals surface area (Å²) in [5.74, 6) is 0.642. The van der Waals surface area contributed by atoms with E-state index in [-0.39, 0.29) is 0 Å². The summed E-state index contributed by atoms with van der Waals surface area (Å²) in [7, 11) is 1.82. The molecule has 5 heteroatoms. The highest BCUT2D eigenvalue weighted by atomic mass is 15.3. The highest BCUT2D eigenvalue weighted by molar-refractivity contribution is 5.58. The fourth-order valence-corrected chi connectivity index (χ4v) is 1.68. The molecular weight excluding hydrogens is 214 g/mol. The first-order valence-corrected chi connectivity index (χ1v) is 5.79. The maximum absolute atomic E-state index is 4.42. The molecule has 0 spiro atoms. The van der Waals surface area contributed by atoms with Crippen LogP contribution in [0.1, 0.15) is 19.0 Å². The number of aromatic nitrogens is 4. The van der Waals surface area contributed by atoms with E-state index < -0.39 is 0 Å². The molecule has 1 N–H and O–H groups in total. The molecule has 17 heavy (non-hydrogen) atoms. The van der Waals surface area contributed by atoms with Gasteiger partial charge in [0.2, 0.25) is 5.95 Å². The molecule has 0 radical (unpaired) electrons. The van der Waals surface area contributed by atoms with E-state index in [1.54, 1.807) is 0 Å². The molecule has 90 valence electrons. The van der Waals surface area contributed by atoms with Gasteiger partial charge in [-0.1, -0.05) is 6.92 Å². The monoisotopic (exact) mass is 231 g/mol. The van der Waals surface area contributed by atoms with Gasteiger partial charge in [-0.3, -0.25) is 4.68 Å². The van der Waals surface area contributed by atoms with Crippen molar-refractivity contribution in [3.05, 3.63) is 24.2 Å². The minimum atomic E-state index is 0.642. The third-order valence-electron chi connectivity index (χ3n) is 2.46. The van der Waals surface area contributed by atoms with Crippen LogP contribution in [0, 0.1) is 6.92 Å². The van der Waals surface area contributed by atoms with Crippen LogP contribution in [-0.4, -0.2) is 26.8 Å². The van der Waals surface area contributed by atoms with E-state index in [1.807, 2.05) is 37.1 Å². The van der Waals surface area contributed by atoms with Crippen molar-refractivity contribution in [1.29, 1.82) is 0 Å². The Kier molecular flexibility index (Phi) is 3.37. The SMILES string of the molecule is CCCn1cc(-c2cc(C)nc(NC)n2)cn1. The molecule has 2 aromatic rings. The van der Waals surface area contributed by atoms with Crippen LogP contribution in [0.3, 0.4) is 0 Å². The average Bonchev–Trinajstić information content (AvgIpc) is 2.77. The van der Waals surface area contributed by atoms with Crippen LogP contribution in [0.4, 0.5) is 5.95 Å². The molecule has 2 aromatic heterocycles. The number of hydrogen-bond acceptors (Lipinski definition) is 4. The van der Waals surface area contributed by atoms with Crippen LogP contribution < -0.4 is 5.32 Å². The Morgan fingerprint density at radius 2 is 2.18 bits per heavy atom. The van der Waals surface area contributed by atoms with Crippen LogP contribution in [-0.2, 0) is 6.54 Å². The molecule has 0 aliphatic heterocycles. The summed E-state index contributed by atoms with van der Waals surface area (Å²) in [5.41, 5.74) is 2.88. The van der Waals surface area contributed by atoms with Crippen molar-refractivity contribution in [2.75, 3.05) is 12.4 Å². The molecule has 0 saturated heterocycles. The summed E-state index contributed by atoms with van der Waals surface area (Å²) >= 11 is 0. The van der Waals surface area contributed by atoms with Crippen molar-refractivity contribution in [1.82, 2.24) is 19.7 Å². The lowest BCUT2D eigenvalue weighted by atomic mass is 10.2. The summed E-state index contributed by atoms with van der Waals surface area (Å²) in [6.45, 7) is 5.03. The fraction of sp³-hybridized carbons (Fsp3) is 0.417. The van der Waals surface area contributed by atoms with Gasteiger partial charge in [0.1, 0.15) is 0 Å². The zero-order chi connectivity index (χ0) is 12.3. The summed E-state index contributed by atoms with van der Waals surface area (Å²) < 4.78 is 1.94. The Morgan fingerprint density at radius 3 is 2.88 bits per heavy atom. The predicted molar refractivity (Wildman–Crippen MR) is 67.8 cm³/mol. The summed E-state index contributed by atoms with van der Waals surface area (Å²) in [4.78, 5) is 8.69. The lowest BCUT2D eigenvalue weighted by Crippen LogP contribution is -1.99. The van der Waals surface area contributed by atoms with E-state index in [4.69, 9.17) is 0 Å². The maximum atomic E-state index is 4.42. The smallest absolute Gasteiger partial charge is 0.223 e. The lowest BCUT2D eigenvalue weighted by molar-refractivity contribution is 0.603. The van der Waals surface area contributed by atoms with Gasteiger partial charge < -0.3 is 5.32 Å². The Hall–Kier alpha value is -1.91. The van der Waals surface area contributed by atoms with Gasteiger partial charge in [0, 0.05) is 31.0 Å². The first kappa shape index (κ1) is 11.6. The predicted octanol–water partition coefficient (Wildman–Crippen LogP) is 2.10. The van der Waals surface area contributed by atoms with Crippen molar-refractivity contribution in [3.8, 4) is 11.3 Å². The Balaban J connectivity index is 2.34. The molecule has 0 saturated carbocycles. The third kappa shape index (κ3) is 2.61. The van der Waals surface area contributed by atoms with E-state index in [9.17, 15) is 0 Å². The number of anilines is 1. The average molecular weight is 231 g/mol. The largest absolute Gasteiger partial charge is 0.357 e. The Bertz CT molecular complexity index is 503. The van der Waals surface area contributed by atoms with Crippen LogP contribution in [0.15, 0.2) is 18.5 Å². The first-order chi connectivity index (χ1) is 8.22. The van der Waals surface area contributed by atoms with Gasteiger partial charge in [-0.05, 0) is 19.4 Å². The molecule has 2 heterocycles. The van der Waals surface area contributed by atoms with Gasteiger partial charge in [0.15, 0.2) is 0 Å². The highest BCUT2D eigenvalue weighted by Crippen LogP contribution is 2.18. The molecular formula is C12H17N5. The van der Waals surface area contributed by atoms with Crippen molar-refractivity contribution in [2.24, 2.45) is 0 Å². The zero-order valence-electron chi connectivity index (χ0n) is 10.4. The van der Waals surface area contributed by atoms with E-state index >= 15 is 0 Å². The molecule has 5 nitrogen and oxygen atoms in total. The van der Waals surface area contributed by atoms with Crippen LogP contribution in [0.2, 0.25) is 0 Å². The third-order valence-corrected chi connectivity index (χ3v) is 2.46. The van der Waals surface area contributed by atoms with Crippen molar-refractivity contribution < 1.29 is 0 Å². The number of aryl methyl sites for hydroxylation is 2. The van der Waals surface area contributed by atoms with Gasteiger partial charge in [-0.15, -0.1) is 0 Å². The number of nitrogens with zero attached hydrogens (tertiary/aromatic N) is 4. The van der Waals surface area contributed by atoms with Crippen molar-refractivity contribution in [3.63, 3.8) is 0 Å². The second-order valence-corrected chi connectivity index (χ2v) is 3.96. The first-order valence-electron chi connectivity index (χ1n) is 5.79. The second-order valence-electron chi connectivity index (χ2n) is 3.96.